The molecule has 0 fully saturated rings. The Balaban J connectivity index is 2.29. The average molecular weight is 323 g/mol. The highest BCUT2D eigenvalue weighted by atomic mass is 19.2. The second kappa shape index (κ2) is 6.76. The van der Waals surface area contributed by atoms with Gasteiger partial charge in [0.2, 0.25) is 0 Å². The number of hydrogen-bond donors (Lipinski definition) is 0. The van der Waals surface area contributed by atoms with Crippen LogP contribution in [0.5, 0.6) is 5.75 Å². The summed E-state index contributed by atoms with van der Waals surface area (Å²) in [5.41, 5.74) is 1.23. The summed E-state index contributed by atoms with van der Waals surface area (Å²) in [6.07, 6.45) is 1.83. The van der Waals surface area contributed by atoms with Crippen molar-refractivity contribution in [1.29, 1.82) is 0 Å². The summed E-state index contributed by atoms with van der Waals surface area (Å²) in [6.45, 7) is 4.75. The molecule has 1 amide bonds. The molecule has 2 aromatic rings. The molecule has 1 aromatic carbocycles. The van der Waals surface area contributed by atoms with Crippen LogP contribution in [0.2, 0.25) is 0 Å². The quantitative estimate of drug-likeness (QED) is 0.850. The number of carbonyl (C=O) groups excluding carboxylic acids is 1. The van der Waals surface area contributed by atoms with E-state index in [1.807, 2.05) is 20.0 Å². The summed E-state index contributed by atoms with van der Waals surface area (Å²) in [7, 11) is 2.83. The van der Waals surface area contributed by atoms with Crippen molar-refractivity contribution in [3.8, 4) is 5.75 Å². The molecule has 7 heteroatoms. The van der Waals surface area contributed by atoms with Crippen molar-refractivity contribution in [3.63, 3.8) is 0 Å². The monoisotopic (exact) mass is 323 g/mol. The van der Waals surface area contributed by atoms with Crippen molar-refractivity contribution in [2.24, 2.45) is 0 Å². The largest absolute Gasteiger partial charge is 0.496 e. The van der Waals surface area contributed by atoms with Crippen LogP contribution < -0.4 is 4.74 Å². The summed E-state index contributed by atoms with van der Waals surface area (Å²) in [5.74, 6) is -2.94. The van der Waals surface area contributed by atoms with E-state index in [2.05, 4.69) is 5.10 Å². The summed E-state index contributed by atoms with van der Waals surface area (Å²) in [4.78, 5) is 13.8. The zero-order valence-corrected chi connectivity index (χ0v) is 13.6. The maximum absolute atomic E-state index is 14.0. The third-order valence-electron chi connectivity index (χ3n) is 3.62. The SMILES string of the molecule is CCn1cc(CN(C)C(=O)c2c(OC)ccc(F)c2F)c(C)n1. The number of aryl methyl sites for hydroxylation is 2. The van der Waals surface area contributed by atoms with Gasteiger partial charge >= 0.3 is 0 Å². The molecule has 0 bridgehead atoms. The Labute approximate surface area is 133 Å². The maximum atomic E-state index is 14.0. The number of halogens is 2. The van der Waals surface area contributed by atoms with Crippen LogP contribution >= 0.6 is 0 Å². The molecule has 23 heavy (non-hydrogen) atoms. The van der Waals surface area contributed by atoms with Crippen molar-refractivity contribution < 1.29 is 18.3 Å². The lowest BCUT2D eigenvalue weighted by atomic mass is 10.1. The van der Waals surface area contributed by atoms with Crippen LogP contribution in [-0.4, -0.2) is 34.7 Å². The lowest BCUT2D eigenvalue weighted by Gasteiger charge is -2.19. The predicted molar refractivity (Wildman–Crippen MR) is 81.3 cm³/mol. The summed E-state index contributed by atoms with van der Waals surface area (Å²) >= 11 is 0. The first-order valence-electron chi connectivity index (χ1n) is 7.19. The van der Waals surface area contributed by atoms with E-state index in [0.29, 0.717) is 6.54 Å². The van der Waals surface area contributed by atoms with Crippen LogP contribution in [0.25, 0.3) is 0 Å². The minimum atomic E-state index is -1.21. The average Bonchev–Trinajstić information content (AvgIpc) is 2.89. The van der Waals surface area contributed by atoms with Gasteiger partial charge in [-0.15, -0.1) is 0 Å². The van der Waals surface area contributed by atoms with E-state index in [1.54, 1.807) is 4.68 Å². The molecule has 0 saturated carbocycles. The Hall–Kier alpha value is -2.44. The van der Waals surface area contributed by atoms with Crippen molar-refractivity contribution in [2.45, 2.75) is 26.9 Å². The van der Waals surface area contributed by atoms with Crippen LogP contribution in [0.15, 0.2) is 18.3 Å². The second-order valence-electron chi connectivity index (χ2n) is 5.20. The Morgan fingerprint density at radius 1 is 1.39 bits per heavy atom. The topological polar surface area (TPSA) is 47.4 Å². The van der Waals surface area contributed by atoms with Crippen molar-refractivity contribution in [3.05, 3.63) is 46.8 Å². The first kappa shape index (κ1) is 16.9. The van der Waals surface area contributed by atoms with Crippen molar-refractivity contribution >= 4 is 5.91 Å². The molecule has 0 atom stereocenters. The fourth-order valence-electron chi connectivity index (χ4n) is 2.30. The van der Waals surface area contributed by atoms with Gasteiger partial charge in [0.05, 0.1) is 12.8 Å². The molecule has 0 aliphatic rings. The highest BCUT2D eigenvalue weighted by Gasteiger charge is 2.24. The van der Waals surface area contributed by atoms with Gasteiger partial charge in [-0.25, -0.2) is 8.78 Å². The van der Waals surface area contributed by atoms with Gasteiger partial charge in [0.1, 0.15) is 11.3 Å². The second-order valence-corrected chi connectivity index (χ2v) is 5.20. The Morgan fingerprint density at radius 2 is 2.09 bits per heavy atom. The number of aromatic nitrogens is 2. The van der Waals surface area contributed by atoms with E-state index in [0.717, 1.165) is 17.3 Å². The molecule has 0 aliphatic carbocycles. The molecule has 0 spiro atoms. The van der Waals surface area contributed by atoms with Gasteiger partial charge in [0, 0.05) is 31.9 Å². The lowest BCUT2D eigenvalue weighted by molar-refractivity contribution is 0.0775. The molecule has 0 radical (unpaired) electrons. The van der Waals surface area contributed by atoms with Crippen LogP contribution in [0.1, 0.15) is 28.5 Å². The molecule has 0 unspecified atom stereocenters. The van der Waals surface area contributed by atoms with Crippen molar-refractivity contribution in [1.82, 2.24) is 14.7 Å². The van der Waals surface area contributed by atoms with E-state index in [9.17, 15) is 13.6 Å². The third-order valence-corrected chi connectivity index (χ3v) is 3.62. The fraction of sp³-hybridized carbons (Fsp3) is 0.375. The summed E-state index contributed by atoms with van der Waals surface area (Å²) in [6, 6.07) is 2.17. The minimum Gasteiger partial charge on any atom is -0.496 e. The van der Waals surface area contributed by atoms with Crippen LogP contribution in [0.3, 0.4) is 0 Å². The lowest BCUT2D eigenvalue weighted by Crippen LogP contribution is -2.28. The fourth-order valence-corrected chi connectivity index (χ4v) is 2.30. The molecule has 124 valence electrons. The Bertz CT molecular complexity index is 728. The molecule has 2 rings (SSSR count). The number of ether oxygens (including phenoxy) is 1. The van der Waals surface area contributed by atoms with Gasteiger partial charge in [-0.1, -0.05) is 0 Å². The first-order chi connectivity index (χ1) is 10.9. The Morgan fingerprint density at radius 3 is 2.65 bits per heavy atom. The number of methoxy groups -OCH3 is 1. The van der Waals surface area contributed by atoms with E-state index in [1.165, 1.54) is 25.1 Å². The molecule has 0 aliphatic heterocycles. The first-order valence-corrected chi connectivity index (χ1v) is 7.19. The molecule has 5 nitrogen and oxygen atoms in total. The van der Waals surface area contributed by atoms with E-state index in [-0.39, 0.29) is 12.3 Å². The smallest absolute Gasteiger partial charge is 0.260 e. The number of rotatable bonds is 5. The zero-order valence-electron chi connectivity index (χ0n) is 13.6. The third kappa shape index (κ3) is 3.33. The van der Waals surface area contributed by atoms with Crippen LogP contribution in [0.4, 0.5) is 8.78 Å². The number of nitrogens with zero attached hydrogens (tertiary/aromatic N) is 3. The number of amides is 1. The highest BCUT2D eigenvalue weighted by molar-refractivity contribution is 5.97. The summed E-state index contributed by atoms with van der Waals surface area (Å²) < 4.78 is 34.2. The van der Waals surface area contributed by atoms with Gasteiger partial charge in [-0.2, -0.15) is 5.10 Å². The Kier molecular flexibility index (Phi) is 4.98. The molecule has 1 aromatic heterocycles. The van der Waals surface area contributed by atoms with E-state index < -0.39 is 23.1 Å². The zero-order chi connectivity index (χ0) is 17.1. The number of hydrogen-bond acceptors (Lipinski definition) is 3. The normalized spacial score (nSPS) is 10.7. The van der Waals surface area contributed by atoms with Crippen molar-refractivity contribution in [2.75, 3.05) is 14.2 Å². The predicted octanol–water partition coefficient (Wildman–Crippen LogP) is 2.77. The van der Waals surface area contributed by atoms with Crippen LogP contribution in [-0.2, 0) is 13.1 Å². The van der Waals surface area contributed by atoms with Crippen LogP contribution in [0, 0.1) is 18.6 Å². The molecular weight excluding hydrogens is 304 g/mol. The van der Waals surface area contributed by atoms with Gasteiger partial charge in [-0.3, -0.25) is 9.48 Å². The van der Waals surface area contributed by atoms with Gasteiger partial charge < -0.3 is 9.64 Å². The standard InChI is InChI=1S/C16H19F2N3O2/c1-5-21-9-11(10(2)19-21)8-20(3)16(22)14-13(23-4)7-6-12(17)15(14)18/h6-7,9H,5,8H2,1-4H3. The molecule has 0 saturated heterocycles. The highest BCUT2D eigenvalue weighted by Crippen LogP contribution is 2.25. The molecular formula is C16H19F2N3O2. The van der Waals surface area contributed by atoms with E-state index >= 15 is 0 Å². The van der Waals surface area contributed by atoms with E-state index in [4.69, 9.17) is 4.74 Å². The maximum Gasteiger partial charge on any atom is 0.260 e. The number of benzene rings is 1. The van der Waals surface area contributed by atoms with Gasteiger partial charge in [0.25, 0.3) is 5.91 Å². The van der Waals surface area contributed by atoms with Gasteiger partial charge in [0.15, 0.2) is 11.6 Å². The molecule has 0 N–H and O–H groups in total. The van der Waals surface area contributed by atoms with Gasteiger partial charge in [-0.05, 0) is 26.0 Å². The number of carbonyl (C=O) groups is 1. The minimum absolute atomic E-state index is 0.00160. The summed E-state index contributed by atoms with van der Waals surface area (Å²) in [5, 5.41) is 4.30. The molecule has 1 heterocycles.